The zero-order valence-electron chi connectivity index (χ0n) is 13.9. The van der Waals surface area contributed by atoms with E-state index in [0.717, 1.165) is 43.9 Å². The van der Waals surface area contributed by atoms with Crippen LogP contribution in [-0.2, 0) is 9.59 Å². The zero-order valence-corrected chi connectivity index (χ0v) is 14.7. The molecule has 1 saturated carbocycles. The maximum absolute atomic E-state index is 12.6. The van der Waals surface area contributed by atoms with Crippen molar-refractivity contribution in [2.45, 2.75) is 50.7 Å². The Labute approximate surface area is 145 Å². The Morgan fingerprint density at radius 1 is 1.50 bits per heavy atom. The summed E-state index contributed by atoms with van der Waals surface area (Å²) in [6.45, 7) is 3.64. The predicted octanol–water partition coefficient (Wildman–Crippen LogP) is 1.17. The normalized spacial score (nSPS) is 26.4. The van der Waals surface area contributed by atoms with Crippen molar-refractivity contribution < 1.29 is 14.7 Å². The van der Waals surface area contributed by atoms with E-state index in [1.807, 2.05) is 17.2 Å². The van der Waals surface area contributed by atoms with Crippen molar-refractivity contribution in [1.29, 1.82) is 0 Å². The van der Waals surface area contributed by atoms with Crippen LogP contribution < -0.4 is 10.2 Å². The zero-order chi connectivity index (χ0) is 17.1. The van der Waals surface area contributed by atoms with E-state index in [9.17, 15) is 9.59 Å². The van der Waals surface area contributed by atoms with Gasteiger partial charge in [0.2, 0.25) is 5.91 Å². The van der Waals surface area contributed by atoms with E-state index in [1.165, 1.54) is 0 Å². The molecule has 2 N–H and O–H groups in total. The Morgan fingerprint density at radius 3 is 2.92 bits per heavy atom. The average Bonchev–Trinajstić information content (AvgIpc) is 3.17. The number of hydrogen-bond acceptors (Lipinski definition) is 6. The van der Waals surface area contributed by atoms with E-state index in [2.05, 4.69) is 15.2 Å². The molecule has 132 valence electrons. The Bertz CT molecular complexity index is 574. The van der Waals surface area contributed by atoms with Crippen LogP contribution in [0.1, 0.15) is 32.6 Å². The fourth-order valence-electron chi connectivity index (χ4n) is 3.60. The van der Waals surface area contributed by atoms with Crippen LogP contribution in [0.3, 0.4) is 0 Å². The second kappa shape index (κ2) is 7.48. The number of carbonyl (C=O) groups is 2. The van der Waals surface area contributed by atoms with Crippen molar-refractivity contribution in [1.82, 2.24) is 15.2 Å². The molecule has 1 aromatic rings. The van der Waals surface area contributed by atoms with Crippen LogP contribution in [0.25, 0.3) is 0 Å². The topological polar surface area (TPSA) is 85.8 Å². The summed E-state index contributed by atoms with van der Waals surface area (Å²) in [5.74, 6) is -0.721. The minimum Gasteiger partial charge on any atom is -0.480 e. The number of anilines is 1. The lowest BCUT2D eigenvalue weighted by Gasteiger charge is -2.42. The van der Waals surface area contributed by atoms with E-state index in [1.54, 1.807) is 17.5 Å². The Hall–Kier alpha value is -1.67. The highest BCUT2D eigenvalue weighted by atomic mass is 32.1. The third-order valence-corrected chi connectivity index (χ3v) is 5.75. The average molecular weight is 352 g/mol. The number of likely N-dealkylation sites (N-methyl/N-ethyl adjacent to an activating group) is 1. The fraction of sp³-hybridized carbons (Fsp3) is 0.688. The van der Waals surface area contributed by atoms with Crippen molar-refractivity contribution in [3.63, 3.8) is 0 Å². The lowest BCUT2D eigenvalue weighted by atomic mass is 9.85. The van der Waals surface area contributed by atoms with Crippen molar-refractivity contribution in [3.05, 3.63) is 11.6 Å². The van der Waals surface area contributed by atoms with E-state index in [-0.39, 0.29) is 30.6 Å². The van der Waals surface area contributed by atoms with Gasteiger partial charge in [0.25, 0.3) is 0 Å². The molecule has 0 bridgehead atoms. The van der Waals surface area contributed by atoms with Gasteiger partial charge < -0.3 is 15.3 Å². The van der Waals surface area contributed by atoms with Crippen molar-refractivity contribution in [2.75, 3.05) is 24.5 Å². The summed E-state index contributed by atoms with van der Waals surface area (Å²) < 4.78 is 0. The van der Waals surface area contributed by atoms with Crippen LogP contribution in [0.5, 0.6) is 0 Å². The molecule has 1 saturated heterocycles. The third kappa shape index (κ3) is 3.70. The molecular formula is C16H24N4O3S. The largest absolute Gasteiger partial charge is 0.480 e. The Morgan fingerprint density at radius 2 is 2.29 bits per heavy atom. The Balaban J connectivity index is 1.49. The summed E-state index contributed by atoms with van der Waals surface area (Å²) in [5, 5.41) is 14.9. The van der Waals surface area contributed by atoms with E-state index in [4.69, 9.17) is 5.11 Å². The number of rotatable bonds is 7. The van der Waals surface area contributed by atoms with Gasteiger partial charge in [0, 0.05) is 30.2 Å². The predicted molar refractivity (Wildman–Crippen MR) is 92.3 cm³/mol. The summed E-state index contributed by atoms with van der Waals surface area (Å²) in [6.07, 6.45) is 5.30. The van der Waals surface area contributed by atoms with Crippen LogP contribution in [0.4, 0.5) is 5.13 Å². The summed E-state index contributed by atoms with van der Waals surface area (Å²) in [5.41, 5.74) is 0. The first-order chi connectivity index (χ1) is 11.6. The fourth-order valence-corrected chi connectivity index (χ4v) is 4.32. The number of carboxylic acids is 1. The Kier molecular flexibility index (Phi) is 5.35. The van der Waals surface area contributed by atoms with Gasteiger partial charge in [0.05, 0.1) is 6.54 Å². The maximum Gasteiger partial charge on any atom is 0.317 e. The third-order valence-electron chi connectivity index (χ3n) is 4.94. The molecule has 1 aromatic heterocycles. The first-order valence-electron chi connectivity index (χ1n) is 8.50. The van der Waals surface area contributed by atoms with E-state index < -0.39 is 5.97 Å². The molecule has 24 heavy (non-hydrogen) atoms. The molecule has 2 heterocycles. The van der Waals surface area contributed by atoms with Gasteiger partial charge in [0.1, 0.15) is 6.04 Å². The molecule has 2 aliphatic rings. The number of nitrogens with zero attached hydrogens (tertiary/aromatic N) is 3. The van der Waals surface area contributed by atoms with Crippen LogP contribution in [0.15, 0.2) is 11.6 Å². The van der Waals surface area contributed by atoms with Gasteiger partial charge in [-0.1, -0.05) is 6.92 Å². The van der Waals surface area contributed by atoms with Crippen molar-refractivity contribution in [2.24, 2.45) is 0 Å². The molecule has 8 heteroatoms. The number of amides is 1. The molecule has 1 aliphatic heterocycles. The lowest BCUT2D eigenvalue weighted by Crippen LogP contribution is -2.57. The first-order valence-corrected chi connectivity index (χ1v) is 9.38. The molecule has 0 radical (unpaired) electrons. The first kappa shape index (κ1) is 17.2. The molecule has 1 unspecified atom stereocenters. The summed E-state index contributed by atoms with van der Waals surface area (Å²) in [7, 11) is 0. The standard InChI is InChI=1S/C16H24N4O3S/c1-2-19(10-14(21)22)12-8-11(9-12)18-15(23)13-4-3-6-20(13)16-17-5-7-24-16/h5,7,11-13H,2-4,6,8-10H2,1H3,(H,18,23)(H,21,22). The molecule has 7 nitrogen and oxygen atoms in total. The van der Waals surface area contributed by atoms with Crippen molar-refractivity contribution >= 4 is 28.3 Å². The van der Waals surface area contributed by atoms with Gasteiger partial charge in [0.15, 0.2) is 5.13 Å². The quantitative estimate of drug-likeness (QED) is 0.766. The number of thiazole rings is 1. The summed E-state index contributed by atoms with van der Waals surface area (Å²) in [4.78, 5) is 31.8. The van der Waals surface area contributed by atoms with Gasteiger partial charge in [-0.15, -0.1) is 11.3 Å². The molecule has 1 amide bonds. The van der Waals surface area contributed by atoms with Crippen LogP contribution in [0, 0.1) is 0 Å². The summed E-state index contributed by atoms with van der Waals surface area (Å²) in [6, 6.07) is 0.288. The van der Waals surface area contributed by atoms with E-state index >= 15 is 0 Å². The maximum atomic E-state index is 12.6. The van der Waals surface area contributed by atoms with Gasteiger partial charge in [-0.3, -0.25) is 14.5 Å². The monoisotopic (exact) mass is 352 g/mol. The second-order valence-electron chi connectivity index (χ2n) is 6.45. The molecule has 1 aliphatic carbocycles. The van der Waals surface area contributed by atoms with Gasteiger partial charge >= 0.3 is 5.97 Å². The highest BCUT2D eigenvalue weighted by Crippen LogP contribution is 2.29. The van der Waals surface area contributed by atoms with E-state index in [0.29, 0.717) is 0 Å². The van der Waals surface area contributed by atoms with Crippen LogP contribution >= 0.6 is 11.3 Å². The molecule has 0 aromatic carbocycles. The lowest BCUT2D eigenvalue weighted by molar-refractivity contribution is -0.139. The summed E-state index contributed by atoms with van der Waals surface area (Å²) >= 11 is 1.57. The minimum absolute atomic E-state index is 0.0717. The van der Waals surface area contributed by atoms with Gasteiger partial charge in [-0.2, -0.15) is 0 Å². The molecule has 3 rings (SSSR count). The molecule has 1 atom stereocenters. The SMILES string of the molecule is CCN(CC(=O)O)C1CC(NC(=O)C2CCCN2c2nccs2)C1. The number of nitrogens with one attached hydrogen (secondary N) is 1. The van der Waals surface area contributed by atoms with Gasteiger partial charge in [-0.05, 0) is 32.2 Å². The highest BCUT2D eigenvalue weighted by Gasteiger charge is 2.38. The van der Waals surface area contributed by atoms with Crippen LogP contribution in [0.2, 0.25) is 0 Å². The van der Waals surface area contributed by atoms with Crippen LogP contribution in [-0.4, -0.2) is 64.6 Å². The number of aromatic nitrogens is 1. The molecular weight excluding hydrogens is 328 g/mol. The second-order valence-corrected chi connectivity index (χ2v) is 7.33. The highest BCUT2D eigenvalue weighted by molar-refractivity contribution is 7.13. The number of aliphatic carboxylic acids is 1. The minimum atomic E-state index is -0.797. The smallest absolute Gasteiger partial charge is 0.317 e. The number of hydrogen-bond donors (Lipinski definition) is 2. The molecule has 0 spiro atoms. The molecule has 2 fully saturated rings. The number of carboxylic acid groups (broad SMARTS) is 1. The number of carbonyl (C=O) groups excluding carboxylic acids is 1. The van der Waals surface area contributed by atoms with Crippen molar-refractivity contribution in [3.8, 4) is 0 Å². The van der Waals surface area contributed by atoms with Gasteiger partial charge in [-0.25, -0.2) is 4.98 Å².